The van der Waals surface area contributed by atoms with E-state index in [2.05, 4.69) is 5.32 Å². The van der Waals surface area contributed by atoms with Crippen LogP contribution in [0.15, 0.2) is 12.1 Å². The molecule has 1 N–H and O–H groups in total. The number of urea groups is 2. The van der Waals surface area contributed by atoms with Crippen LogP contribution in [0, 0.1) is 12.7 Å². The minimum atomic E-state index is -0.422. The van der Waals surface area contributed by atoms with E-state index in [1.807, 2.05) is 21.6 Å². The van der Waals surface area contributed by atoms with Gasteiger partial charge in [0.25, 0.3) is 0 Å². The van der Waals surface area contributed by atoms with Crippen molar-refractivity contribution in [2.24, 2.45) is 0 Å². The fourth-order valence-corrected chi connectivity index (χ4v) is 4.56. The number of nitrogens with zero attached hydrogens (tertiary/aromatic N) is 3. The molecule has 0 radical (unpaired) electrons. The molecule has 170 valence electrons. The Kier molecular flexibility index (Phi) is 6.86. The Bertz CT molecular complexity index is 829. The smallest absolute Gasteiger partial charge is 0.320 e. The van der Waals surface area contributed by atoms with Crippen LogP contribution in [-0.2, 0) is 11.3 Å². The lowest BCUT2D eigenvalue weighted by Gasteiger charge is -2.41. The molecule has 3 aliphatic rings. The molecule has 2 heterocycles. The third-order valence-corrected chi connectivity index (χ3v) is 6.68. The van der Waals surface area contributed by atoms with E-state index in [1.165, 1.54) is 6.07 Å². The quantitative estimate of drug-likeness (QED) is 0.761. The van der Waals surface area contributed by atoms with E-state index in [9.17, 15) is 14.0 Å². The van der Waals surface area contributed by atoms with Crippen LogP contribution in [0.1, 0.15) is 36.8 Å². The van der Waals surface area contributed by atoms with E-state index in [1.54, 1.807) is 6.07 Å². The molecular weight excluding hydrogens is 423 g/mol. The summed E-state index contributed by atoms with van der Waals surface area (Å²) in [6.07, 6.45) is 3.67. The van der Waals surface area contributed by atoms with Crippen LogP contribution < -0.4 is 5.32 Å². The van der Waals surface area contributed by atoms with Crippen LogP contribution in [0.25, 0.3) is 0 Å². The summed E-state index contributed by atoms with van der Waals surface area (Å²) in [6, 6.07) is 2.96. The summed E-state index contributed by atoms with van der Waals surface area (Å²) in [7, 11) is 0. The molecule has 1 aliphatic carbocycles. The van der Waals surface area contributed by atoms with Gasteiger partial charge in [-0.15, -0.1) is 0 Å². The van der Waals surface area contributed by atoms with Crippen molar-refractivity contribution >= 4 is 23.7 Å². The van der Waals surface area contributed by atoms with E-state index in [4.69, 9.17) is 16.3 Å². The Morgan fingerprint density at radius 1 is 1.16 bits per heavy atom. The summed E-state index contributed by atoms with van der Waals surface area (Å²) in [5, 5.41) is 3.26. The van der Waals surface area contributed by atoms with E-state index in [0.29, 0.717) is 50.0 Å². The number of carbonyl (C=O) groups excluding carboxylic acids is 2. The van der Waals surface area contributed by atoms with Crippen molar-refractivity contribution in [2.45, 2.75) is 51.2 Å². The first kappa shape index (κ1) is 22.1. The van der Waals surface area contributed by atoms with Crippen molar-refractivity contribution in [3.05, 3.63) is 34.1 Å². The van der Waals surface area contributed by atoms with Crippen molar-refractivity contribution in [1.29, 1.82) is 0 Å². The first-order valence-electron chi connectivity index (χ1n) is 11.1. The summed E-state index contributed by atoms with van der Waals surface area (Å²) < 4.78 is 19.6. The number of rotatable bonds is 4. The maximum Gasteiger partial charge on any atom is 0.320 e. The molecule has 0 aromatic heterocycles. The van der Waals surface area contributed by atoms with Gasteiger partial charge in [0, 0.05) is 49.4 Å². The molecule has 2 aliphatic heterocycles. The Morgan fingerprint density at radius 3 is 2.61 bits per heavy atom. The highest BCUT2D eigenvalue weighted by Crippen LogP contribution is 2.32. The average Bonchev–Trinajstić information content (AvgIpc) is 3.61. The van der Waals surface area contributed by atoms with Crippen LogP contribution in [0.3, 0.4) is 0 Å². The second-order valence-corrected chi connectivity index (χ2v) is 9.02. The van der Waals surface area contributed by atoms with E-state index >= 15 is 0 Å². The molecule has 1 aromatic rings. The molecule has 0 spiro atoms. The highest BCUT2D eigenvalue weighted by Gasteiger charge is 2.40. The number of piperidine rings is 1. The molecular formula is C22H30ClFN4O3. The van der Waals surface area contributed by atoms with Gasteiger partial charge in [-0.1, -0.05) is 11.6 Å². The number of nitrogens with one attached hydrogen (secondary N) is 1. The number of carbonyl (C=O) groups is 2. The van der Waals surface area contributed by atoms with E-state index in [0.717, 1.165) is 31.2 Å². The topological polar surface area (TPSA) is 65.1 Å². The third kappa shape index (κ3) is 5.23. The van der Waals surface area contributed by atoms with Gasteiger partial charge in [-0.05, 0) is 50.3 Å². The average molecular weight is 453 g/mol. The first-order valence-corrected chi connectivity index (χ1v) is 11.4. The van der Waals surface area contributed by atoms with Crippen molar-refractivity contribution < 1.29 is 18.7 Å². The normalized spacial score (nSPS) is 21.7. The Morgan fingerprint density at radius 2 is 1.90 bits per heavy atom. The molecule has 1 atom stereocenters. The lowest BCUT2D eigenvalue weighted by molar-refractivity contribution is 0.0365. The van der Waals surface area contributed by atoms with Gasteiger partial charge < -0.3 is 24.8 Å². The summed E-state index contributed by atoms with van der Waals surface area (Å²) in [4.78, 5) is 31.6. The van der Waals surface area contributed by atoms with Crippen LogP contribution in [-0.4, -0.2) is 78.2 Å². The fourth-order valence-electron chi connectivity index (χ4n) is 4.41. The van der Waals surface area contributed by atoms with E-state index < -0.39 is 5.82 Å². The predicted octanol–water partition coefficient (Wildman–Crippen LogP) is 3.38. The van der Waals surface area contributed by atoms with Gasteiger partial charge in [-0.25, -0.2) is 14.0 Å². The number of halogens is 2. The van der Waals surface area contributed by atoms with Crippen molar-refractivity contribution in [1.82, 2.24) is 20.0 Å². The van der Waals surface area contributed by atoms with Crippen LogP contribution in [0.2, 0.25) is 5.02 Å². The largest absolute Gasteiger partial charge is 0.378 e. The number of amides is 4. The maximum atomic E-state index is 14.2. The monoisotopic (exact) mass is 452 g/mol. The van der Waals surface area contributed by atoms with Gasteiger partial charge in [0.2, 0.25) is 0 Å². The van der Waals surface area contributed by atoms with Crippen molar-refractivity contribution in [2.75, 3.05) is 39.4 Å². The standard InChI is InChI=1S/C22H30ClFN4O3/c1-15-11-16(20(24)12-19(15)23)13-25-21(29)28(17-4-5-17)18-3-2-6-27(14-18)22(30)26-7-9-31-10-8-26/h11-12,17-18H,2-10,13-14H2,1H3,(H,25,29)/t18-/m1/s1. The van der Waals surface area contributed by atoms with E-state index in [-0.39, 0.29) is 30.7 Å². The van der Waals surface area contributed by atoms with Crippen LogP contribution in [0.5, 0.6) is 0 Å². The lowest BCUT2D eigenvalue weighted by atomic mass is 10.0. The molecule has 2 saturated heterocycles. The zero-order valence-corrected chi connectivity index (χ0v) is 18.7. The molecule has 31 heavy (non-hydrogen) atoms. The highest BCUT2D eigenvalue weighted by atomic mass is 35.5. The number of hydrogen-bond donors (Lipinski definition) is 1. The highest BCUT2D eigenvalue weighted by molar-refractivity contribution is 6.31. The molecule has 7 nitrogen and oxygen atoms in total. The number of likely N-dealkylation sites (tertiary alicyclic amines) is 1. The van der Waals surface area contributed by atoms with Crippen molar-refractivity contribution in [3.63, 3.8) is 0 Å². The third-order valence-electron chi connectivity index (χ3n) is 6.27. The molecule has 0 unspecified atom stereocenters. The summed E-state index contributed by atoms with van der Waals surface area (Å²) in [6.45, 7) is 5.52. The Hall–Kier alpha value is -2.06. The van der Waals surface area contributed by atoms with Gasteiger partial charge in [-0.3, -0.25) is 0 Å². The number of hydrogen-bond acceptors (Lipinski definition) is 3. The number of aryl methyl sites for hydroxylation is 1. The zero-order valence-electron chi connectivity index (χ0n) is 17.9. The minimum absolute atomic E-state index is 0.0250. The molecule has 9 heteroatoms. The SMILES string of the molecule is Cc1cc(CNC(=O)N(C2CC2)[C@@H]2CCCN(C(=O)N3CCOCC3)C2)c(F)cc1Cl. The molecule has 1 aromatic carbocycles. The molecule has 4 amide bonds. The second-order valence-electron chi connectivity index (χ2n) is 8.61. The van der Waals surface area contributed by atoms with Gasteiger partial charge in [0.15, 0.2) is 0 Å². The predicted molar refractivity (Wildman–Crippen MR) is 116 cm³/mol. The Balaban J connectivity index is 1.39. The summed E-state index contributed by atoms with van der Waals surface area (Å²) in [5.74, 6) is -0.422. The lowest BCUT2D eigenvalue weighted by Crippen LogP contribution is -2.57. The van der Waals surface area contributed by atoms with Gasteiger partial charge in [0.05, 0.1) is 19.3 Å². The van der Waals surface area contributed by atoms with Gasteiger partial charge in [-0.2, -0.15) is 0 Å². The molecule has 0 bridgehead atoms. The number of morpholine rings is 1. The second kappa shape index (κ2) is 9.61. The zero-order chi connectivity index (χ0) is 22.0. The van der Waals surface area contributed by atoms with Gasteiger partial charge >= 0.3 is 12.1 Å². The van der Waals surface area contributed by atoms with Crippen LogP contribution in [0.4, 0.5) is 14.0 Å². The number of ether oxygens (including phenoxy) is 1. The minimum Gasteiger partial charge on any atom is -0.378 e. The number of benzene rings is 1. The van der Waals surface area contributed by atoms with Crippen molar-refractivity contribution in [3.8, 4) is 0 Å². The summed E-state index contributed by atoms with van der Waals surface area (Å²) >= 11 is 5.97. The first-order chi connectivity index (χ1) is 14.9. The summed E-state index contributed by atoms with van der Waals surface area (Å²) in [5.41, 5.74) is 1.19. The van der Waals surface area contributed by atoms with Gasteiger partial charge in [0.1, 0.15) is 5.82 Å². The molecule has 1 saturated carbocycles. The Labute approximate surface area is 187 Å². The molecule has 4 rings (SSSR count). The molecule has 3 fully saturated rings. The van der Waals surface area contributed by atoms with Crippen LogP contribution >= 0.6 is 11.6 Å². The maximum absolute atomic E-state index is 14.2. The fraction of sp³-hybridized carbons (Fsp3) is 0.636.